The lowest BCUT2D eigenvalue weighted by Crippen LogP contribution is -2.47. The Hall–Kier alpha value is -2.34. The van der Waals surface area contributed by atoms with E-state index >= 15 is 0 Å². The Balaban J connectivity index is 1.55. The van der Waals surface area contributed by atoms with Crippen LogP contribution < -0.4 is 10.6 Å². The number of nitrogens with one attached hydrogen (secondary N) is 2. The van der Waals surface area contributed by atoms with E-state index < -0.39 is 0 Å². The predicted octanol–water partition coefficient (Wildman–Crippen LogP) is 3.39. The summed E-state index contributed by atoms with van der Waals surface area (Å²) in [6.45, 7) is 6.21. The van der Waals surface area contributed by atoms with E-state index in [1.807, 2.05) is 12.4 Å². The van der Waals surface area contributed by atoms with Gasteiger partial charge in [-0.2, -0.15) is 0 Å². The molecule has 6 heteroatoms. The van der Waals surface area contributed by atoms with Crippen LogP contribution >= 0.6 is 0 Å². The van der Waals surface area contributed by atoms with Crippen LogP contribution in [0.3, 0.4) is 0 Å². The van der Waals surface area contributed by atoms with Gasteiger partial charge in [0.2, 0.25) is 0 Å². The number of nitrogens with zero attached hydrogens (tertiary/aromatic N) is 3. The van der Waals surface area contributed by atoms with E-state index in [0.717, 1.165) is 50.9 Å². The number of imidazole rings is 1. The summed E-state index contributed by atoms with van der Waals surface area (Å²) in [6, 6.07) is 10.6. The lowest BCUT2D eigenvalue weighted by atomic mass is 9.67. The van der Waals surface area contributed by atoms with Crippen LogP contribution in [0.4, 0.5) is 0 Å². The first-order chi connectivity index (χ1) is 14.2. The van der Waals surface area contributed by atoms with Gasteiger partial charge in [0.15, 0.2) is 5.96 Å². The molecular weight excluding hydrogens is 362 g/mol. The zero-order valence-electron chi connectivity index (χ0n) is 17.9. The number of aryl methyl sites for hydroxylation is 2. The van der Waals surface area contributed by atoms with Crippen LogP contribution in [0.5, 0.6) is 0 Å². The third kappa shape index (κ3) is 6.32. The summed E-state index contributed by atoms with van der Waals surface area (Å²) in [5.41, 5.74) is 1.70. The largest absolute Gasteiger partial charge is 0.385 e. The fourth-order valence-corrected chi connectivity index (χ4v) is 3.86. The van der Waals surface area contributed by atoms with Gasteiger partial charge in [0.1, 0.15) is 12.4 Å². The lowest BCUT2D eigenvalue weighted by molar-refractivity contribution is 0.0732. The van der Waals surface area contributed by atoms with Gasteiger partial charge in [-0.1, -0.05) is 36.8 Å². The Bertz CT molecular complexity index is 752. The Morgan fingerprint density at radius 3 is 2.76 bits per heavy atom. The van der Waals surface area contributed by atoms with Crippen LogP contribution in [-0.4, -0.2) is 42.3 Å². The summed E-state index contributed by atoms with van der Waals surface area (Å²) >= 11 is 0. The summed E-state index contributed by atoms with van der Waals surface area (Å²) in [5, 5.41) is 6.93. The molecule has 0 unspecified atom stereocenters. The van der Waals surface area contributed by atoms with Gasteiger partial charge in [0.25, 0.3) is 0 Å². The third-order valence-corrected chi connectivity index (χ3v) is 5.89. The predicted molar refractivity (Wildman–Crippen MR) is 118 cm³/mol. The summed E-state index contributed by atoms with van der Waals surface area (Å²) in [6.07, 6.45) is 9.87. The van der Waals surface area contributed by atoms with Crippen molar-refractivity contribution in [1.82, 2.24) is 20.2 Å². The maximum absolute atomic E-state index is 5.31. The number of benzene rings is 1. The minimum atomic E-state index is 0.361. The number of hydrogen-bond acceptors (Lipinski definition) is 3. The van der Waals surface area contributed by atoms with Crippen molar-refractivity contribution in [1.29, 1.82) is 0 Å². The second-order valence-electron chi connectivity index (χ2n) is 7.92. The van der Waals surface area contributed by atoms with Crippen molar-refractivity contribution < 1.29 is 4.74 Å². The first-order valence-corrected chi connectivity index (χ1v) is 10.8. The molecule has 0 aliphatic heterocycles. The molecule has 0 radical (unpaired) electrons. The van der Waals surface area contributed by atoms with E-state index in [9.17, 15) is 0 Å². The van der Waals surface area contributed by atoms with Crippen LogP contribution in [-0.2, 0) is 24.2 Å². The Kier molecular flexibility index (Phi) is 8.11. The maximum atomic E-state index is 5.31. The fourth-order valence-electron chi connectivity index (χ4n) is 3.86. The van der Waals surface area contributed by atoms with Crippen LogP contribution in [0.15, 0.2) is 47.7 Å². The minimum absolute atomic E-state index is 0.361. The molecule has 2 N–H and O–H groups in total. The number of guanidine groups is 1. The van der Waals surface area contributed by atoms with Crippen LogP contribution in [0.1, 0.15) is 44.0 Å². The van der Waals surface area contributed by atoms with Crippen LogP contribution in [0.25, 0.3) is 0 Å². The molecule has 2 aromatic rings. The summed E-state index contributed by atoms with van der Waals surface area (Å²) in [7, 11) is 1.78. The van der Waals surface area contributed by atoms with Crippen molar-refractivity contribution in [2.45, 2.75) is 52.1 Å². The molecule has 1 fully saturated rings. The molecule has 1 heterocycles. The van der Waals surface area contributed by atoms with Crippen LogP contribution in [0.2, 0.25) is 0 Å². The molecule has 3 rings (SSSR count). The number of methoxy groups -OCH3 is 1. The number of hydrogen-bond donors (Lipinski definition) is 2. The molecule has 0 amide bonds. The van der Waals surface area contributed by atoms with Gasteiger partial charge >= 0.3 is 0 Å². The van der Waals surface area contributed by atoms with Crippen molar-refractivity contribution in [2.24, 2.45) is 10.4 Å². The average Bonchev–Trinajstić information content (AvgIpc) is 3.17. The maximum Gasteiger partial charge on any atom is 0.191 e. The quantitative estimate of drug-likeness (QED) is 0.451. The molecule has 0 atom stereocenters. The van der Waals surface area contributed by atoms with Gasteiger partial charge in [0, 0.05) is 45.7 Å². The van der Waals surface area contributed by atoms with E-state index in [4.69, 9.17) is 9.73 Å². The molecule has 1 saturated carbocycles. The topological polar surface area (TPSA) is 63.5 Å². The molecule has 158 valence electrons. The van der Waals surface area contributed by atoms with Crippen molar-refractivity contribution in [3.05, 3.63) is 54.1 Å². The lowest BCUT2D eigenvalue weighted by Gasteiger charge is -2.42. The molecule has 6 nitrogen and oxygen atoms in total. The first kappa shape index (κ1) is 21.4. The Morgan fingerprint density at radius 1 is 1.24 bits per heavy atom. The zero-order chi connectivity index (χ0) is 20.4. The van der Waals surface area contributed by atoms with E-state index in [-0.39, 0.29) is 0 Å². The normalized spacial score (nSPS) is 15.7. The van der Waals surface area contributed by atoms with E-state index in [1.54, 1.807) is 7.11 Å². The van der Waals surface area contributed by atoms with Gasteiger partial charge in [0.05, 0.1) is 0 Å². The number of rotatable bonds is 11. The Labute approximate surface area is 174 Å². The van der Waals surface area contributed by atoms with Gasteiger partial charge in [-0.05, 0) is 43.6 Å². The van der Waals surface area contributed by atoms with E-state index in [0.29, 0.717) is 12.0 Å². The number of ether oxygens (including phenoxy) is 1. The van der Waals surface area contributed by atoms with Crippen molar-refractivity contribution in [2.75, 3.05) is 26.8 Å². The Morgan fingerprint density at radius 2 is 2.07 bits per heavy atom. The number of aliphatic imine (C=N–C) groups is 1. The van der Waals surface area contributed by atoms with Crippen molar-refractivity contribution in [3.8, 4) is 0 Å². The average molecular weight is 398 g/mol. The highest BCUT2D eigenvalue weighted by molar-refractivity contribution is 5.79. The second kappa shape index (κ2) is 11.0. The molecule has 0 bridgehead atoms. The molecule has 1 aliphatic rings. The molecule has 1 aromatic carbocycles. The minimum Gasteiger partial charge on any atom is -0.385 e. The van der Waals surface area contributed by atoms with Gasteiger partial charge in [-0.3, -0.25) is 0 Å². The molecule has 29 heavy (non-hydrogen) atoms. The molecular formula is C23H35N5O. The van der Waals surface area contributed by atoms with E-state index in [2.05, 4.69) is 57.4 Å². The first-order valence-electron chi connectivity index (χ1n) is 10.8. The fraction of sp³-hybridized carbons (Fsp3) is 0.565. The number of aromatic nitrogens is 2. The molecule has 1 aromatic heterocycles. The van der Waals surface area contributed by atoms with Gasteiger partial charge < -0.3 is 19.9 Å². The molecule has 0 saturated heterocycles. The van der Waals surface area contributed by atoms with Crippen molar-refractivity contribution >= 4 is 5.96 Å². The third-order valence-electron chi connectivity index (χ3n) is 5.89. The second-order valence-corrected chi connectivity index (χ2v) is 7.92. The summed E-state index contributed by atoms with van der Waals surface area (Å²) < 4.78 is 7.51. The molecule has 0 spiro atoms. The highest BCUT2D eigenvalue weighted by atomic mass is 16.5. The zero-order valence-corrected chi connectivity index (χ0v) is 17.9. The standard InChI is InChI=1S/C23H35N5O/c1-3-24-22(27-19-23(11-7-12-23)13-17-29-2)26-18-21-25-14-16-28(21)15-10-20-8-5-4-6-9-20/h4-6,8-9,14,16H,3,7,10-13,15,17-19H2,1-2H3,(H2,24,26,27). The SMILES string of the molecule is CCNC(=NCc1nccn1CCc1ccccc1)NCC1(CCOC)CCC1. The monoisotopic (exact) mass is 397 g/mol. The summed E-state index contributed by atoms with van der Waals surface area (Å²) in [5.74, 6) is 1.87. The van der Waals surface area contributed by atoms with Gasteiger partial charge in [-0.25, -0.2) is 9.98 Å². The van der Waals surface area contributed by atoms with Gasteiger partial charge in [-0.15, -0.1) is 0 Å². The van der Waals surface area contributed by atoms with E-state index in [1.165, 1.54) is 24.8 Å². The highest BCUT2D eigenvalue weighted by Gasteiger charge is 2.36. The van der Waals surface area contributed by atoms with Crippen LogP contribution in [0, 0.1) is 5.41 Å². The van der Waals surface area contributed by atoms with Crippen molar-refractivity contribution in [3.63, 3.8) is 0 Å². The smallest absolute Gasteiger partial charge is 0.191 e. The summed E-state index contributed by atoms with van der Waals surface area (Å²) in [4.78, 5) is 9.31. The highest BCUT2D eigenvalue weighted by Crippen LogP contribution is 2.43. The molecule has 1 aliphatic carbocycles.